The lowest BCUT2D eigenvalue weighted by molar-refractivity contribution is -0.153. The number of rotatable bonds is 4. The topological polar surface area (TPSA) is 83.4 Å². The summed E-state index contributed by atoms with van der Waals surface area (Å²) in [6, 6.07) is -0.131. The number of carbonyl (C=O) groups excluding carboxylic acids is 1. The first-order valence-corrected chi connectivity index (χ1v) is 7.91. The van der Waals surface area contributed by atoms with Gasteiger partial charge in [0.2, 0.25) is 5.91 Å². The van der Waals surface area contributed by atoms with Crippen LogP contribution in [0.15, 0.2) is 18.6 Å². The highest BCUT2D eigenvalue weighted by molar-refractivity contribution is 5.82. The Hall–Kier alpha value is -1.98. The van der Waals surface area contributed by atoms with Gasteiger partial charge in [0.15, 0.2) is 0 Å². The lowest BCUT2D eigenvalue weighted by Gasteiger charge is -2.38. The van der Waals surface area contributed by atoms with Crippen LogP contribution in [0.5, 0.6) is 0 Å². The monoisotopic (exact) mass is 303 g/mol. The summed E-state index contributed by atoms with van der Waals surface area (Å²) < 4.78 is 0. The summed E-state index contributed by atoms with van der Waals surface area (Å²) in [5.41, 5.74) is 0.0867. The molecule has 0 radical (unpaired) electrons. The molecule has 3 rings (SSSR count). The molecule has 1 aromatic heterocycles. The van der Waals surface area contributed by atoms with Crippen LogP contribution in [0.2, 0.25) is 0 Å². The van der Waals surface area contributed by atoms with Crippen LogP contribution in [-0.4, -0.2) is 44.4 Å². The second-order valence-electron chi connectivity index (χ2n) is 6.26. The zero-order chi connectivity index (χ0) is 15.6. The van der Waals surface area contributed by atoms with Crippen LogP contribution in [0.1, 0.15) is 44.2 Å². The van der Waals surface area contributed by atoms with E-state index >= 15 is 0 Å². The molecule has 1 aliphatic heterocycles. The first kappa shape index (κ1) is 14.9. The number of aliphatic carboxylic acids is 1. The molecule has 118 valence electrons. The van der Waals surface area contributed by atoms with Gasteiger partial charge in [-0.15, -0.1) is 0 Å². The molecule has 0 bridgehead atoms. The minimum Gasteiger partial charge on any atom is -0.481 e. The molecule has 1 amide bonds. The van der Waals surface area contributed by atoms with Crippen molar-refractivity contribution >= 4 is 11.9 Å². The van der Waals surface area contributed by atoms with E-state index in [-0.39, 0.29) is 11.9 Å². The number of carboxylic acid groups (broad SMARTS) is 1. The molecule has 0 aromatic carbocycles. The molecule has 1 N–H and O–H groups in total. The van der Waals surface area contributed by atoms with Gasteiger partial charge in [-0.25, -0.2) is 0 Å². The van der Waals surface area contributed by atoms with Gasteiger partial charge in [-0.05, 0) is 25.7 Å². The summed E-state index contributed by atoms with van der Waals surface area (Å²) >= 11 is 0. The van der Waals surface area contributed by atoms with Gasteiger partial charge in [0.1, 0.15) is 0 Å². The number of nitrogens with zero attached hydrogens (tertiary/aromatic N) is 3. The zero-order valence-electron chi connectivity index (χ0n) is 12.6. The third-order valence-corrected chi connectivity index (χ3v) is 5.12. The predicted octanol–water partition coefficient (Wildman–Crippen LogP) is 1.66. The maximum Gasteiger partial charge on any atom is 0.311 e. The molecule has 1 saturated carbocycles. The normalized spacial score (nSPS) is 27.5. The minimum atomic E-state index is -0.735. The van der Waals surface area contributed by atoms with Crippen LogP contribution in [0.25, 0.3) is 0 Å². The molecule has 2 fully saturated rings. The van der Waals surface area contributed by atoms with E-state index in [1.807, 2.05) is 4.90 Å². The summed E-state index contributed by atoms with van der Waals surface area (Å²) in [4.78, 5) is 34.2. The average molecular weight is 303 g/mol. The molecule has 6 heteroatoms. The van der Waals surface area contributed by atoms with Gasteiger partial charge < -0.3 is 10.0 Å². The number of hydrogen-bond donors (Lipinski definition) is 1. The Balaban J connectivity index is 1.67. The molecular weight excluding hydrogens is 282 g/mol. The standard InChI is InChI=1S/C16H21N3O3/c20-14(5-4-12-11-17-8-9-18-12)19-10-7-16(15(21)22)6-2-1-3-13(16)19/h8-9,11,13H,1-7,10H2,(H,21,22)/t13-,16+/m0/s1. The first-order valence-electron chi connectivity index (χ1n) is 7.91. The highest BCUT2D eigenvalue weighted by atomic mass is 16.4. The summed E-state index contributed by atoms with van der Waals surface area (Å²) in [6.45, 7) is 0.566. The second-order valence-corrected chi connectivity index (χ2v) is 6.26. The summed E-state index contributed by atoms with van der Waals surface area (Å²) in [5, 5.41) is 9.65. The van der Waals surface area contributed by atoms with E-state index in [2.05, 4.69) is 9.97 Å². The fourth-order valence-electron chi connectivity index (χ4n) is 3.94. The molecule has 2 heterocycles. The van der Waals surface area contributed by atoms with Crippen molar-refractivity contribution in [1.29, 1.82) is 0 Å². The Morgan fingerprint density at radius 3 is 2.91 bits per heavy atom. The van der Waals surface area contributed by atoms with E-state index in [0.717, 1.165) is 25.0 Å². The Labute approximate surface area is 129 Å². The highest BCUT2D eigenvalue weighted by Gasteiger charge is 2.54. The minimum absolute atomic E-state index is 0.0423. The van der Waals surface area contributed by atoms with Gasteiger partial charge >= 0.3 is 5.97 Å². The van der Waals surface area contributed by atoms with E-state index in [1.165, 1.54) is 0 Å². The third-order valence-electron chi connectivity index (χ3n) is 5.12. The molecule has 1 saturated heterocycles. The largest absolute Gasteiger partial charge is 0.481 e. The summed E-state index contributed by atoms with van der Waals surface area (Å²) in [5.74, 6) is -0.692. The number of likely N-dealkylation sites (tertiary alicyclic amines) is 1. The highest BCUT2D eigenvalue weighted by Crippen LogP contribution is 2.47. The van der Waals surface area contributed by atoms with Crippen molar-refractivity contribution in [2.75, 3.05) is 6.54 Å². The number of aromatic nitrogens is 2. The van der Waals surface area contributed by atoms with Crippen LogP contribution in [0, 0.1) is 5.41 Å². The number of hydrogen-bond acceptors (Lipinski definition) is 4. The Morgan fingerprint density at radius 2 is 2.18 bits per heavy atom. The third kappa shape index (κ3) is 2.58. The van der Waals surface area contributed by atoms with Crippen LogP contribution in [0.4, 0.5) is 0 Å². The molecule has 2 atom stereocenters. The average Bonchev–Trinajstić information content (AvgIpc) is 2.95. The van der Waals surface area contributed by atoms with Crippen molar-refractivity contribution in [3.63, 3.8) is 0 Å². The molecule has 1 aliphatic carbocycles. The number of aryl methyl sites for hydroxylation is 1. The number of fused-ring (bicyclic) bond motifs is 1. The van der Waals surface area contributed by atoms with E-state index < -0.39 is 11.4 Å². The lowest BCUT2D eigenvalue weighted by atomic mass is 9.70. The Morgan fingerprint density at radius 1 is 1.32 bits per heavy atom. The molecule has 2 aliphatic rings. The van der Waals surface area contributed by atoms with Gasteiger partial charge in [0, 0.05) is 37.6 Å². The van der Waals surface area contributed by atoms with Crippen molar-refractivity contribution in [3.05, 3.63) is 24.3 Å². The molecule has 0 spiro atoms. The van der Waals surface area contributed by atoms with E-state index in [0.29, 0.717) is 32.2 Å². The van der Waals surface area contributed by atoms with Crippen molar-refractivity contribution in [1.82, 2.24) is 14.9 Å². The number of amides is 1. The van der Waals surface area contributed by atoms with Crippen LogP contribution in [0.3, 0.4) is 0 Å². The second kappa shape index (κ2) is 6.02. The van der Waals surface area contributed by atoms with Gasteiger partial charge in [-0.2, -0.15) is 0 Å². The zero-order valence-corrected chi connectivity index (χ0v) is 12.6. The fraction of sp³-hybridized carbons (Fsp3) is 0.625. The maximum absolute atomic E-state index is 12.5. The van der Waals surface area contributed by atoms with Crippen molar-refractivity contribution in [2.45, 2.75) is 51.0 Å². The summed E-state index contributed by atoms with van der Waals surface area (Å²) in [7, 11) is 0. The van der Waals surface area contributed by atoms with Crippen LogP contribution >= 0.6 is 0 Å². The van der Waals surface area contributed by atoms with Crippen LogP contribution in [-0.2, 0) is 16.0 Å². The van der Waals surface area contributed by atoms with Crippen molar-refractivity contribution in [2.24, 2.45) is 5.41 Å². The maximum atomic E-state index is 12.5. The fourth-order valence-corrected chi connectivity index (χ4v) is 3.94. The van der Waals surface area contributed by atoms with E-state index in [1.54, 1.807) is 18.6 Å². The first-order chi connectivity index (χ1) is 10.6. The molecule has 1 aromatic rings. The SMILES string of the molecule is O=C(CCc1cnccn1)N1CC[C@]2(C(=O)O)CCCC[C@H]12. The smallest absolute Gasteiger partial charge is 0.311 e. The lowest BCUT2D eigenvalue weighted by Crippen LogP contribution is -2.48. The molecule has 0 unspecified atom stereocenters. The number of carboxylic acids is 1. The van der Waals surface area contributed by atoms with Gasteiger partial charge in [0.25, 0.3) is 0 Å². The number of carbonyl (C=O) groups is 2. The molecule has 22 heavy (non-hydrogen) atoms. The van der Waals surface area contributed by atoms with Crippen molar-refractivity contribution < 1.29 is 14.7 Å². The predicted molar refractivity (Wildman–Crippen MR) is 79.0 cm³/mol. The quantitative estimate of drug-likeness (QED) is 0.914. The Kier molecular flexibility index (Phi) is 4.09. The van der Waals surface area contributed by atoms with Gasteiger partial charge in [-0.1, -0.05) is 12.8 Å². The van der Waals surface area contributed by atoms with E-state index in [9.17, 15) is 14.7 Å². The van der Waals surface area contributed by atoms with E-state index in [4.69, 9.17) is 0 Å². The van der Waals surface area contributed by atoms with Crippen molar-refractivity contribution in [3.8, 4) is 0 Å². The van der Waals surface area contributed by atoms with Gasteiger partial charge in [0.05, 0.1) is 11.1 Å². The molecular formula is C16H21N3O3. The van der Waals surface area contributed by atoms with Crippen LogP contribution < -0.4 is 0 Å². The molecule has 6 nitrogen and oxygen atoms in total. The Bertz CT molecular complexity index is 563. The van der Waals surface area contributed by atoms with Gasteiger partial charge in [-0.3, -0.25) is 19.6 Å². The summed E-state index contributed by atoms with van der Waals surface area (Å²) in [6.07, 6.45) is 9.85.